The average molecular weight is 448 g/mol. The topological polar surface area (TPSA) is 62.3 Å². The molecule has 0 amide bonds. The number of nitrogens with zero attached hydrogens (tertiary/aromatic N) is 2. The molecule has 8 heteroatoms. The van der Waals surface area contributed by atoms with E-state index in [2.05, 4.69) is 22.4 Å². The Labute approximate surface area is 180 Å². The standard InChI is InChI=1S/C21H22ClN3O2S2/c1-29(26,27)25-9-6-17(7-10-25)24-21-13-19(11-15-5-8-23-14-20(15)21)28-18-4-2-3-16(22)12-18/h2-5,8,11-14,17,24H,6-7,9-10H2,1H3. The molecule has 1 fully saturated rings. The molecule has 0 unspecified atom stereocenters. The second-order valence-electron chi connectivity index (χ2n) is 7.21. The zero-order valence-corrected chi connectivity index (χ0v) is 18.4. The highest BCUT2D eigenvalue weighted by Gasteiger charge is 2.25. The molecule has 1 aliphatic rings. The van der Waals surface area contributed by atoms with E-state index in [1.54, 1.807) is 22.3 Å². The highest BCUT2D eigenvalue weighted by molar-refractivity contribution is 7.99. The molecule has 0 atom stereocenters. The molecule has 3 aromatic rings. The molecule has 0 spiro atoms. The van der Waals surface area contributed by atoms with Crippen molar-refractivity contribution in [3.8, 4) is 0 Å². The van der Waals surface area contributed by atoms with Crippen LogP contribution in [-0.4, -0.2) is 43.1 Å². The van der Waals surface area contributed by atoms with Crippen molar-refractivity contribution in [3.05, 3.63) is 59.9 Å². The Balaban J connectivity index is 1.58. The summed E-state index contributed by atoms with van der Waals surface area (Å²) < 4.78 is 25.1. The zero-order chi connectivity index (χ0) is 20.4. The number of anilines is 1. The lowest BCUT2D eigenvalue weighted by atomic mass is 10.0. The molecule has 2 heterocycles. The summed E-state index contributed by atoms with van der Waals surface area (Å²) in [6.45, 7) is 1.09. The Morgan fingerprint density at radius 3 is 2.66 bits per heavy atom. The number of hydrogen-bond donors (Lipinski definition) is 1. The van der Waals surface area contributed by atoms with Crippen LogP contribution in [0.3, 0.4) is 0 Å². The molecule has 4 rings (SSSR count). The first kappa shape index (κ1) is 20.5. The van der Waals surface area contributed by atoms with Gasteiger partial charge in [-0.1, -0.05) is 29.4 Å². The first-order valence-corrected chi connectivity index (χ1v) is 12.5. The van der Waals surface area contributed by atoms with Gasteiger partial charge in [0.15, 0.2) is 0 Å². The van der Waals surface area contributed by atoms with Crippen molar-refractivity contribution < 1.29 is 8.42 Å². The highest BCUT2D eigenvalue weighted by atomic mass is 35.5. The van der Waals surface area contributed by atoms with Crippen LogP contribution in [0.2, 0.25) is 5.02 Å². The molecule has 1 N–H and O–H groups in total. The van der Waals surface area contributed by atoms with Gasteiger partial charge in [-0.05, 0) is 54.6 Å². The number of halogens is 1. The van der Waals surface area contributed by atoms with Gasteiger partial charge in [-0.15, -0.1) is 0 Å². The monoisotopic (exact) mass is 447 g/mol. The zero-order valence-electron chi connectivity index (χ0n) is 16.0. The summed E-state index contributed by atoms with van der Waals surface area (Å²) in [7, 11) is -3.12. The maximum absolute atomic E-state index is 11.8. The Morgan fingerprint density at radius 2 is 1.93 bits per heavy atom. The smallest absolute Gasteiger partial charge is 0.211 e. The van der Waals surface area contributed by atoms with E-state index in [0.29, 0.717) is 13.1 Å². The molecule has 0 saturated carbocycles. The molecule has 1 saturated heterocycles. The quantitative estimate of drug-likeness (QED) is 0.604. The molecule has 5 nitrogen and oxygen atoms in total. The molecular formula is C21H22ClN3O2S2. The molecular weight excluding hydrogens is 426 g/mol. The lowest BCUT2D eigenvalue weighted by Gasteiger charge is -2.31. The van der Waals surface area contributed by atoms with Gasteiger partial charge in [-0.2, -0.15) is 0 Å². The Kier molecular flexibility index (Phi) is 6.01. The van der Waals surface area contributed by atoms with Crippen LogP contribution in [0.1, 0.15) is 12.8 Å². The summed E-state index contributed by atoms with van der Waals surface area (Å²) in [5.41, 5.74) is 1.03. The Bertz CT molecular complexity index is 1130. The van der Waals surface area contributed by atoms with E-state index in [0.717, 1.165) is 44.1 Å². The first-order valence-electron chi connectivity index (χ1n) is 9.41. The van der Waals surface area contributed by atoms with Crippen LogP contribution < -0.4 is 5.32 Å². The SMILES string of the molecule is CS(=O)(=O)N1CCC(Nc2cc(Sc3cccc(Cl)c3)cc3ccncc23)CC1. The number of hydrogen-bond acceptors (Lipinski definition) is 5. The van der Waals surface area contributed by atoms with Crippen LogP contribution in [0.15, 0.2) is 64.6 Å². The van der Waals surface area contributed by atoms with Crippen molar-refractivity contribution in [2.45, 2.75) is 28.7 Å². The van der Waals surface area contributed by atoms with E-state index in [9.17, 15) is 8.42 Å². The summed E-state index contributed by atoms with van der Waals surface area (Å²) in [5.74, 6) is 0. The summed E-state index contributed by atoms with van der Waals surface area (Å²) in [6, 6.07) is 14.3. The van der Waals surface area contributed by atoms with Crippen molar-refractivity contribution >= 4 is 49.8 Å². The number of piperidine rings is 1. The number of sulfonamides is 1. The van der Waals surface area contributed by atoms with Gasteiger partial charge in [0, 0.05) is 57.4 Å². The minimum atomic E-state index is -3.12. The van der Waals surface area contributed by atoms with Crippen LogP contribution in [0.5, 0.6) is 0 Å². The van der Waals surface area contributed by atoms with E-state index in [1.165, 1.54) is 6.26 Å². The van der Waals surface area contributed by atoms with Gasteiger partial charge in [0.25, 0.3) is 0 Å². The first-order chi connectivity index (χ1) is 13.9. The lowest BCUT2D eigenvalue weighted by molar-refractivity contribution is 0.332. The molecule has 0 bridgehead atoms. The molecule has 152 valence electrons. The molecule has 1 aromatic heterocycles. The highest BCUT2D eigenvalue weighted by Crippen LogP contribution is 2.35. The largest absolute Gasteiger partial charge is 0.382 e. The van der Waals surface area contributed by atoms with Gasteiger partial charge in [-0.3, -0.25) is 4.98 Å². The predicted molar refractivity (Wildman–Crippen MR) is 120 cm³/mol. The van der Waals surface area contributed by atoms with Crippen LogP contribution in [0.25, 0.3) is 10.8 Å². The second kappa shape index (κ2) is 8.52. The minimum Gasteiger partial charge on any atom is -0.382 e. The van der Waals surface area contributed by atoms with Crippen LogP contribution in [-0.2, 0) is 10.0 Å². The van der Waals surface area contributed by atoms with Crippen LogP contribution in [0.4, 0.5) is 5.69 Å². The Hall–Kier alpha value is -1.80. The third kappa shape index (κ3) is 5.04. The summed E-state index contributed by atoms with van der Waals surface area (Å²) in [4.78, 5) is 6.48. The number of pyridine rings is 1. The molecule has 0 radical (unpaired) electrons. The fourth-order valence-electron chi connectivity index (χ4n) is 3.57. The van der Waals surface area contributed by atoms with Crippen molar-refractivity contribution in [2.24, 2.45) is 0 Å². The van der Waals surface area contributed by atoms with Crippen LogP contribution in [0, 0.1) is 0 Å². The fourth-order valence-corrected chi connectivity index (χ4v) is 5.66. The van der Waals surface area contributed by atoms with Crippen LogP contribution >= 0.6 is 23.4 Å². The number of benzene rings is 2. The van der Waals surface area contributed by atoms with Crippen molar-refractivity contribution in [1.82, 2.24) is 9.29 Å². The van der Waals surface area contributed by atoms with E-state index >= 15 is 0 Å². The molecule has 0 aliphatic carbocycles. The third-order valence-corrected chi connectivity index (χ3v) is 7.54. The normalized spacial score (nSPS) is 16.2. The number of fused-ring (bicyclic) bond motifs is 1. The van der Waals surface area contributed by atoms with Gasteiger partial charge in [0.1, 0.15) is 0 Å². The summed E-state index contributed by atoms with van der Waals surface area (Å²) in [5, 5.41) is 6.53. The average Bonchev–Trinajstić information content (AvgIpc) is 2.68. The molecule has 1 aliphatic heterocycles. The Morgan fingerprint density at radius 1 is 1.14 bits per heavy atom. The maximum atomic E-state index is 11.8. The van der Waals surface area contributed by atoms with Gasteiger partial charge in [0.2, 0.25) is 10.0 Å². The fraction of sp³-hybridized carbons (Fsp3) is 0.286. The lowest BCUT2D eigenvalue weighted by Crippen LogP contribution is -2.41. The van der Waals surface area contributed by atoms with Crippen molar-refractivity contribution in [2.75, 3.05) is 24.7 Å². The summed E-state index contributed by atoms with van der Waals surface area (Å²) >= 11 is 7.79. The minimum absolute atomic E-state index is 0.225. The summed E-state index contributed by atoms with van der Waals surface area (Å²) in [6.07, 6.45) is 6.50. The third-order valence-electron chi connectivity index (χ3n) is 5.04. The van der Waals surface area contributed by atoms with Gasteiger partial charge < -0.3 is 5.32 Å². The second-order valence-corrected chi connectivity index (χ2v) is 10.8. The van der Waals surface area contributed by atoms with E-state index in [1.807, 2.05) is 36.5 Å². The van der Waals surface area contributed by atoms with Gasteiger partial charge in [-0.25, -0.2) is 12.7 Å². The van der Waals surface area contributed by atoms with E-state index in [-0.39, 0.29) is 6.04 Å². The van der Waals surface area contributed by atoms with E-state index < -0.39 is 10.0 Å². The molecule has 2 aromatic carbocycles. The number of nitrogens with one attached hydrogen (secondary N) is 1. The predicted octanol–water partition coefficient (Wildman–Crippen LogP) is 4.88. The molecule has 29 heavy (non-hydrogen) atoms. The van der Waals surface area contributed by atoms with E-state index in [4.69, 9.17) is 11.6 Å². The number of aromatic nitrogens is 1. The van der Waals surface area contributed by atoms with Crippen molar-refractivity contribution in [3.63, 3.8) is 0 Å². The van der Waals surface area contributed by atoms with Gasteiger partial charge in [0.05, 0.1) is 6.26 Å². The van der Waals surface area contributed by atoms with Gasteiger partial charge >= 0.3 is 0 Å². The maximum Gasteiger partial charge on any atom is 0.211 e. The number of rotatable bonds is 5. The van der Waals surface area contributed by atoms with Crippen molar-refractivity contribution in [1.29, 1.82) is 0 Å².